The minimum Gasteiger partial charge on any atom is -0.338 e. The van der Waals surface area contributed by atoms with Crippen molar-refractivity contribution in [1.82, 2.24) is 29.5 Å². The molecular formula is C19H26N6O2. The summed E-state index contributed by atoms with van der Waals surface area (Å²) in [6.45, 7) is 4.32. The molecule has 27 heavy (non-hydrogen) atoms. The van der Waals surface area contributed by atoms with Crippen molar-refractivity contribution in [3.05, 3.63) is 45.9 Å². The van der Waals surface area contributed by atoms with Crippen LogP contribution in [0, 0.1) is 0 Å². The zero-order valence-electron chi connectivity index (χ0n) is 15.7. The van der Waals surface area contributed by atoms with Crippen LogP contribution in [0.4, 0.5) is 0 Å². The molecule has 2 fully saturated rings. The monoisotopic (exact) mass is 370 g/mol. The van der Waals surface area contributed by atoms with Gasteiger partial charge in [-0.2, -0.15) is 0 Å². The van der Waals surface area contributed by atoms with Crippen LogP contribution < -0.4 is 5.56 Å². The highest BCUT2D eigenvalue weighted by molar-refractivity contribution is 5.93. The highest BCUT2D eigenvalue weighted by atomic mass is 16.2. The van der Waals surface area contributed by atoms with Gasteiger partial charge in [-0.15, -0.1) is 10.2 Å². The summed E-state index contributed by atoms with van der Waals surface area (Å²) in [6, 6.07) is 3.27. The SMILES string of the molecule is Cn1c(CN2CCCC2)nnc1C1CCCN(C(=O)c2ccc[nH]c2=O)C1. The maximum atomic E-state index is 12.8. The second kappa shape index (κ2) is 7.64. The van der Waals surface area contributed by atoms with E-state index >= 15 is 0 Å². The van der Waals surface area contributed by atoms with E-state index in [4.69, 9.17) is 0 Å². The Balaban J connectivity index is 1.48. The Hall–Kier alpha value is -2.48. The van der Waals surface area contributed by atoms with Crippen molar-refractivity contribution in [1.29, 1.82) is 0 Å². The molecule has 2 aliphatic rings. The first-order valence-corrected chi connectivity index (χ1v) is 9.71. The maximum absolute atomic E-state index is 12.8. The Morgan fingerprint density at radius 3 is 2.81 bits per heavy atom. The summed E-state index contributed by atoms with van der Waals surface area (Å²) >= 11 is 0. The maximum Gasteiger partial charge on any atom is 0.260 e. The third kappa shape index (κ3) is 3.66. The van der Waals surface area contributed by atoms with Crippen molar-refractivity contribution in [2.45, 2.75) is 38.1 Å². The molecule has 0 bridgehead atoms. The number of H-pyrrole nitrogens is 1. The first kappa shape index (κ1) is 17.9. The molecule has 2 aromatic rings. The number of nitrogens with one attached hydrogen (secondary N) is 1. The molecule has 144 valence electrons. The number of hydrogen-bond donors (Lipinski definition) is 1. The molecule has 0 saturated carbocycles. The summed E-state index contributed by atoms with van der Waals surface area (Å²) < 4.78 is 2.09. The van der Waals surface area contributed by atoms with Crippen molar-refractivity contribution in [2.75, 3.05) is 26.2 Å². The largest absolute Gasteiger partial charge is 0.338 e. The number of aromatic amines is 1. The third-order valence-electron chi connectivity index (χ3n) is 5.68. The molecule has 0 aromatic carbocycles. The summed E-state index contributed by atoms with van der Waals surface area (Å²) in [5, 5.41) is 8.86. The fourth-order valence-corrected chi connectivity index (χ4v) is 4.14. The van der Waals surface area contributed by atoms with Gasteiger partial charge < -0.3 is 14.5 Å². The number of hydrogen-bond acceptors (Lipinski definition) is 5. The summed E-state index contributed by atoms with van der Waals surface area (Å²) in [7, 11) is 2.02. The van der Waals surface area contributed by atoms with Crippen molar-refractivity contribution in [3.8, 4) is 0 Å². The summed E-state index contributed by atoms with van der Waals surface area (Å²) in [5.74, 6) is 1.86. The number of carbonyl (C=O) groups excluding carboxylic acids is 1. The highest BCUT2D eigenvalue weighted by Crippen LogP contribution is 2.27. The van der Waals surface area contributed by atoms with Gasteiger partial charge in [-0.3, -0.25) is 14.5 Å². The minimum absolute atomic E-state index is 0.148. The molecule has 0 aliphatic carbocycles. The lowest BCUT2D eigenvalue weighted by molar-refractivity contribution is 0.0701. The Bertz CT molecular complexity index is 867. The Labute approximate surface area is 158 Å². The Morgan fingerprint density at radius 1 is 1.22 bits per heavy atom. The molecule has 2 saturated heterocycles. The number of aromatic nitrogens is 4. The summed E-state index contributed by atoms with van der Waals surface area (Å²) in [6.07, 6.45) is 5.92. The standard InChI is InChI=1S/C19H26N6O2/c1-23-16(13-24-9-2-3-10-24)21-22-17(23)14-6-5-11-25(12-14)19(27)15-7-4-8-20-18(15)26/h4,7-8,14H,2-3,5-6,9-13H2,1H3,(H,20,26). The van der Waals surface area contributed by atoms with Crippen LogP contribution in [0.25, 0.3) is 0 Å². The van der Waals surface area contributed by atoms with E-state index < -0.39 is 0 Å². The van der Waals surface area contributed by atoms with E-state index in [0.29, 0.717) is 13.1 Å². The van der Waals surface area contributed by atoms with Crippen LogP contribution in [0.5, 0.6) is 0 Å². The molecule has 4 heterocycles. The van der Waals surface area contributed by atoms with Crippen molar-refractivity contribution in [2.24, 2.45) is 7.05 Å². The van der Waals surface area contributed by atoms with Crippen molar-refractivity contribution in [3.63, 3.8) is 0 Å². The summed E-state index contributed by atoms with van der Waals surface area (Å²) in [4.78, 5) is 31.5. The van der Waals surface area contributed by atoms with Gasteiger partial charge in [0.2, 0.25) is 0 Å². The second-order valence-electron chi connectivity index (χ2n) is 7.52. The van der Waals surface area contributed by atoms with Gasteiger partial charge in [-0.1, -0.05) is 0 Å². The van der Waals surface area contributed by atoms with Gasteiger partial charge in [0.1, 0.15) is 17.2 Å². The van der Waals surface area contributed by atoms with Gasteiger partial charge in [-0.05, 0) is 50.9 Å². The van der Waals surface area contributed by atoms with E-state index in [1.807, 2.05) is 7.05 Å². The molecule has 2 aromatic heterocycles. The topological polar surface area (TPSA) is 87.1 Å². The number of nitrogens with zero attached hydrogens (tertiary/aromatic N) is 5. The smallest absolute Gasteiger partial charge is 0.260 e. The highest BCUT2D eigenvalue weighted by Gasteiger charge is 2.30. The van der Waals surface area contributed by atoms with Crippen LogP contribution in [0.3, 0.4) is 0 Å². The van der Waals surface area contributed by atoms with E-state index in [0.717, 1.165) is 44.1 Å². The molecule has 1 N–H and O–H groups in total. The van der Waals surface area contributed by atoms with E-state index in [1.54, 1.807) is 23.2 Å². The normalized spacial score (nSPS) is 20.9. The van der Waals surface area contributed by atoms with Gasteiger partial charge in [0.25, 0.3) is 11.5 Å². The first-order chi connectivity index (χ1) is 13.1. The first-order valence-electron chi connectivity index (χ1n) is 9.71. The van der Waals surface area contributed by atoms with Gasteiger partial charge in [-0.25, -0.2) is 0 Å². The number of amides is 1. The number of carbonyl (C=O) groups is 1. The molecule has 0 radical (unpaired) electrons. The Morgan fingerprint density at radius 2 is 2.04 bits per heavy atom. The average molecular weight is 370 g/mol. The van der Waals surface area contributed by atoms with E-state index in [2.05, 4.69) is 24.6 Å². The predicted octanol–water partition coefficient (Wildman–Crippen LogP) is 1.12. The lowest BCUT2D eigenvalue weighted by Crippen LogP contribution is -2.41. The minimum atomic E-state index is -0.337. The predicted molar refractivity (Wildman–Crippen MR) is 100 cm³/mol. The van der Waals surface area contributed by atoms with Gasteiger partial charge in [0.15, 0.2) is 0 Å². The van der Waals surface area contributed by atoms with Crippen LogP contribution in [0.2, 0.25) is 0 Å². The van der Waals surface area contributed by atoms with Crippen LogP contribution in [-0.4, -0.2) is 61.6 Å². The third-order valence-corrected chi connectivity index (χ3v) is 5.68. The number of rotatable bonds is 4. The zero-order chi connectivity index (χ0) is 18.8. The molecule has 1 atom stereocenters. The van der Waals surface area contributed by atoms with E-state index in [9.17, 15) is 9.59 Å². The fraction of sp³-hybridized carbons (Fsp3) is 0.579. The Kier molecular flexibility index (Phi) is 5.07. The van der Waals surface area contributed by atoms with Crippen LogP contribution >= 0.6 is 0 Å². The van der Waals surface area contributed by atoms with Crippen LogP contribution in [-0.2, 0) is 13.6 Å². The number of piperidine rings is 1. The number of likely N-dealkylation sites (tertiary alicyclic amines) is 2. The molecule has 2 aliphatic heterocycles. The molecule has 1 amide bonds. The van der Waals surface area contributed by atoms with Gasteiger partial charge in [0, 0.05) is 32.3 Å². The van der Waals surface area contributed by atoms with Gasteiger partial charge in [0.05, 0.1) is 6.54 Å². The lowest BCUT2D eigenvalue weighted by atomic mass is 9.96. The van der Waals surface area contributed by atoms with E-state index in [1.165, 1.54) is 12.8 Å². The molecule has 4 rings (SSSR count). The lowest BCUT2D eigenvalue weighted by Gasteiger charge is -2.32. The average Bonchev–Trinajstić information content (AvgIpc) is 3.32. The van der Waals surface area contributed by atoms with Crippen LogP contribution in [0.1, 0.15) is 53.6 Å². The van der Waals surface area contributed by atoms with Crippen molar-refractivity contribution >= 4 is 5.91 Å². The molecule has 8 heteroatoms. The molecular weight excluding hydrogens is 344 g/mol. The molecule has 0 spiro atoms. The fourth-order valence-electron chi connectivity index (χ4n) is 4.14. The van der Waals surface area contributed by atoms with E-state index in [-0.39, 0.29) is 22.9 Å². The van der Waals surface area contributed by atoms with Crippen molar-refractivity contribution < 1.29 is 4.79 Å². The number of pyridine rings is 1. The summed E-state index contributed by atoms with van der Waals surface area (Å²) in [5.41, 5.74) is -0.137. The molecule has 8 nitrogen and oxygen atoms in total. The van der Waals surface area contributed by atoms with Gasteiger partial charge >= 0.3 is 0 Å². The van der Waals surface area contributed by atoms with Crippen LogP contribution in [0.15, 0.2) is 23.1 Å². The molecule has 1 unspecified atom stereocenters. The quantitative estimate of drug-likeness (QED) is 0.871. The zero-order valence-corrected chi connectivity index (χ0v) is 15.7. The second-order valence-corrected chi connectivity index (χ2v) is 7.52.